The van der Waals surface area contributed by atoms with Crippen LogP contribution in [0.25, 0.3) is 0 Å². The third kappa shape index (κ3) is 4.00. The maximum Gasteiger partial charge on any atom is 0.407 e. The number of cyclic esters (lactones) is 1. The second-order valence-corrected chi connectivity index (χ2v) is 7.50. The van der Waals surface area contributed by atoms with Gasteiger partial charge in [-0.05, 0) is 24.8 Å². The van der Waals surface area contributed by atoms with Crippen LogP contribution in [0.3, 0.4) is 0 Å². The molecule has 0 aliphatic carbocycles. The Hall–Kier alpha value is -1.70. The van der Waals surface area contributed by atoms with E-state index in [0.717, 1.165) is 0 Å². The number of halogens is 2. The van der Waals surface area contributed by atoms with Gasteiger partial charge in [0, 0.05) is 37.3 Å². The van der Waals surface area contributed by atoms with Crippen LogP contribution in [0.15, 0.2) is 12.1 Å². The van der Waals surface area contributed by atoms with Gasteiger partial charge in [-0.1, -0.05) is 23.2 Å². The highest BCUT2D eigenvalue weighted by Crippen LogP contribution is 2.37. The lowest BCUT2D eigenvalue weighted by Crippen LogP contribution is -2.50. The Labute approximate surface area is 161 Å². The van der Waals surface area contributed by atoms with Crippen LogP contribution in [0.5, 0.6) is 5.75 Å². The van der Waals surface area contributed by atoms with Crippen LogP contribution >= 0.6 is 23.2 Å². The lowest BCUT2D eigenvalue weighted by Gasteiger charge is -2.37. The number of phenols is 1. The minimum absolute atomic E-state index is 0.0191. The van der Waals surface area contributed by atoms with Gasteiger partial charge in [0.1, 0.15) is 12.4 Å². The predicted octanol–water partition coefficient (Wildman–Crippen LogP) is 2.29. The number of carbonyl (C=O) groups is 2. The van der Waals surface area contributed by atoms with Crippen LogP contribution in [0.1, 0.15) is 24.4 Å². The van der Waals surface area contributed by atoms with Gasteiger partial charge in [0.15, 0.2) is 0 Å². The summed E-state index contributed by atoms with van der Waals surface area (Å²) in [7, 11) is 0. The number of nitrogens with two attached hydrogens (primary N) is 1. The van der Waals surface area contributed by atoms with Gasteiger partial charge in [-0.3, -0.25) is 4.79 Å². The number of likely N-dealkylation sites (tertiary alicyclic amines) is 1. The summed E-state index contributed by atoms with van der Waals surface area (Å²) in [5, 5.41) is 13.3. The molecule has 7 nitrogen and oxygen atoms in total. The Bertz CT molecular complexity index is 697. The van der Waals surface area contributed by atoms with Gasteiger partial charge in [-0.25, -0.2) is 4.79 Å². The molecule has 1 aromatic carbocycles. The number of aromatic hydroxyl groups is 1. The van der Waals surface area contributed by atoms with E-state index in [1.54, 1.807) is 11.0 Å². The first-order valence-electron chi connectivity index (χ1n) is 8.49. The molecule has 0 saturated carbocycles. The molecule has 2 aliphatic rings. The summed E-state index contributed by atoms with van der Waals surface area (Å²) in [6.45, 7) is 1.56. The highest BCUT2D eigenvalue weighted by atomic mass is 35.5. The molecule has 0 radical (unpaired) electrons. The third-order valence-electron chi connectivity index (χ3n) is 5.05. The van der Waals surface area contributed by atoms with Gasteiger partial charge in [0.25, 0.3) is 0 Å². The molecule has 0 unspecified atom stereocenters. The topological polar surface area (TPSA) is 105 Å². The van der Waals surface area contributed by atoms with Crippen LogP contribution < -0.4 is 11.1 Å². The quantitative estimate of drug-likeness (QED) is 0.720. The summed E-state index contributed by atoms with van der Waals surface area (Å²) in [5.41, 5.74) is 6.90. The molecule has 142 valence electrons. The summed E-state index contributed by atoms with van der Waals surface area (Å²) in [5.74, 6) is -0.226. The molecule has 2 aliphatic heterocycles. The van der Waals surface area contributed by atoms with E-state index in [-0.39, 0.29) is 41.2 Å². The summed E-state index contributed by atoms with van der Waals surface area (Å²) in [6.07, 6.45) is 0.944. The molecule has 2 amide bonds. The van der Waals surface area contributed by atoms with Gasteiger partial charge < -0.3 is 25.8 Å². The lowest BCUT2D eigenvalue weighted by atomic mass is 9.85. The van der Waals surface area contributed by atoms with Crippen molar-refractivity contribution in [1.29, 1.82) is 0 Å². The Kier molecular flexibility index (Phi) is 5.79. The largest absolute Gasteiger partial charge is 0.508 e. The standard InChI is InChI=1S/C17H21Cl2N3O4/c18-12-5-11(14(23)6-13(12)19)15(20)9-1-3-22(4-2-9)16(24)10-7-21-17(25)26-8-10/h5-6,9-10,15,23H,1-4,7-8,20H2,(H,21,25)/t10-,15+/m0/s1. The van der Waals surface area contributed by atoms with Crippen molar-refractivity contribution < 1.29 is 19.4 Å². The highest BCUT2D eigenvalue weighted by Gasteiger charge is 2.33. The number of rotatable bonds is 3. The number of benzene rings is 1. The minimum Gasteiger partial charge on any atom is -0.508 e. The smallest absolute Gasteiger partial charge is 0.407 e. The van der Waals surface area contributed by atoms with E-state index in [0.29, 0.717) is 43.1 Å². The van der Waals surface area contributed by atoms with Gasteiger partial charge in [0.2, 0.25) is 5.91 Å². The molecule has 9 heteroatoms. The van der Waals surface area contributed by atoms with E-state index in [1.807, 2.05) is 0 Å². The molecule has 2 fully saturated rings. The molecular weight excluding hydrogens is 381 g/mol. The van der Waals surface area contributed by atoms with Gasteiger partial charge >= 0.3 is 6.09 Å². The number of carbonyl (C=O) groups excluding carboxylic acids is 2. The maximum atomic E-state index is 12.5. The summed E-state index contributed by atoms with van der Waals surface area (Å²) >= 11 is 11.9. The van der Waals surface area contributed by atoms with Crippen molar-refractivity contribution in [2.45, 2.75) is 18.9 Å². The van der Waals surface area contributed by atoms with E-state index >= 15 is 0 Å². The summed E-state index contributed by atoms with van der Waals surface area (Å²) < 4.78 is 4.89. The normalized spacial score (nSPS) is 22.5. The Morgan fingerprint density at radius 2 is 1.96 bits per heavy atom. The van der Waals surface area contributed by atoms with Crippen LogP contribution in [0.4, 0.5) is 4.79 Å². The number of hydrogen-bond donors (Lipinski definition) is 3. The van der Waals surface area contributed by atoms with E-state index in [2.05, 4.69) is 5.32 Å². The highest BCUT2D eigenvalue weighted by molar-refractivity contribution is 6.42. The Morgan fingerprint density at radius 3 is 2.58 bits per heavy atom. The zero-order valence-corrected chi connectivity index (χ0v) is 15.6. The molecule has 3 rings (SSSR count). The SMILES string of the molecule is N[C@@H](c1cc(Cl)c(Cl)cc1O)C1CCN(C(=O)[C@H]2CNC(=O)OC2)CC1. The number of nitrogens with zero attached hydrogens (tertiary/aromatic N) is 1. The molecule has 2 heterocycles. The second kappa shape index (κ2) is 7.90. The molecule has 2 atom stereocenters. The molecule has 0 bridgehead atoms. The number of nitrogens with one attached hydrogen (secondary N) is 1. The van der Waals surface area contributed by atoms with Crippen LogP contribution in [-0.4, -0.2) is 48.2 Å². The summed E-state index contributed by atoms with van der Waals surface area (Å²) in [6, 6.07) is 2.61. The predicted molar refractivity (Wildman–Crippen MR) is 97.2 cm³/mol. The molecule has 0 aromatic heterocycles. The molecule has 1 aromatic rings. The fourth-order valence-corrected chi connectivity index (χ4v) is 3.79. The first-order chi connectivity index (χ1) is 12.4. The minimum atomic E-state index is -0.486. The van der Waals surface area contributed by atoms with Gasteiger partial charge in [0.05, 0.1) is 16.0 Å². The number of amides is 2. The van der Waals surface area contributed by atoms with Gasteiger partial charge in [-0.2, -0.15) is 0 Å². The Morgan fingerprint density at radius 1 is 1.31 bits per heavy atom. The monoisotopic (exact) mass is 401 g/mol. The number of alkyl carbamates (subject to hydrolysis) is 1. The van der Waals surface area contributed by atoms with E-state index in [1.165, 1.54) is 6.07 Å². The maximum absolute atomic E-state index is 12.5. The average Bonchev–Trinajstić information content (AvgIpc) is 2.64. The van der Waals surface area contributed by atoms with Crippen LogP contribution in [0.2, 0.25) is 10.0 Å². The number of hydrogen-bond acceptors (Lipinski definition) is 5. The first kappa shape index (κ1) is 19.1. The fraction of sp³-hybridized carbons (Fsp3) is 0.529. The van der Waals surface area contributed by atoms with Crippen molar-refractivity contribution in [1.82, 2.24) is 10.2 Å². The van der Waals surface area contributed by atoms with Crippen molar-refractivity contribution in [3.05, 3.63) is 27.7 Å². The van der Waals surface area contributed by atoms with E-state index < -0.39 is 6.09 Å². The molecule has 26 heavy (non-hydrogen) atoms. The van der Waals surface area contributed by atoms with Crippen LogP contribution in [-0.2, 0) is 9.53 Å². The molecule has 4 N–H and O–H groups in total. The van der Waals surface area contributed by atoms with Crippen LogP contribution in [0, 0.1) is 11.8 Å². The van der Waals surface area contributed by atoms with E-state index in [4.69, 9.17) is 33.7 Å². The summed E-state index contributed by atoms with van der Waals surface area (Å²) in [4.78, 5) is 25.3. The van der Waals surface area contributed by atoms with Crippen molar-refractivity contribution in [2.75, 3.05) is 26.2 Å². The van der Waals surface area contributed by atoms with E-state index in [9.17, 15) is 14.7 Å². The lowest BCUT2D eigenvalue weighted by molar-refractivity contribution is -0.138. The van der Waals surface area contributed by atoms with Crippen molar-refractivity contribution in [3.63, 3.8) is 0 Å². The zero-order chi connectivity index (χ0) is 18.8. The van der Waals surface area contributed by atoms with Gasteiger partial charge in [-0.15, -0.1) is 0 Å². The fourth-order valence-electron chi connectivity index (χ4n) is 3.46. The number of phenolic OH excluding ortho intramolecular Hbond substituents is 1. The number of piperidine rings is 1. The van der Waals surface area contributed by atoms with Crippen molar-refractivity contribution in [2.24, 2.45) is 17.6 Å². The Balaban J connectivity index is 1.59. The molecule has 0 spiro atoms. The second-order valence-electron chi connectivity index (χ2n) is 6.69. The van der Waals surface area contributed by atoms with Crippen molar-refractivity contribution in [3.8, 4) is 5.75 Å². The number of ether oxygens (including phenoxy) is 1. The zero-order valence-electron chi connectivity index (χ0n) is 14.1. The third-order valence-corrected chi connectivity index (χ3v) is 5.77. The molecule has 2 saturated heterocycles. The first-order valence-corrected chi connectivity index (χ1v) is 9.25. The van der Waals surface area contributed by atoms with Crippen molar-refractivity contribution >= 4 is 35.2 Å². The average molecular weight is 402 g/mol. The molecular formula is C17H21Cl2N3O4.